The van der Waals surface area contributed by atoms with Crippen LogP contribution in [0.5, 0.6) is 5.75 Å². The predicted octanol–water partition coefficient (Wildman–Crippen LogP) is 10.1. The highest BCUT2D eigenvalue weighted by molar-refractivity contribution is 6.74. The highest BCUT2D eigenvalue weighted by atomic mass is 35.5. The van der Waals surface area contributed by atoms with Crippen molar-refractivity contribution in [1.29, 1.82) is 0 Å². The third-order valence-corrected chi connectivity index (χ3v) is 21.0. The van der Waals surface area contributed by atoms with Crippen LogP contribution in [0.3, 0.4) is 0 Å². The number of cyclic esters (lactones) is 1. The number of allylic oxidation sites excluding steroid dienone is 2. The van der Waals surface area contributed by atoms with E-state index in [1.807, 2.05) is 12.1 Å². The standard InChI is InChI=1S/C39H61ClO7Si2/c1-25-17-18-27-21-29(46-48(9,10)38(3,4)5)23-34(45-37(42)26(2)43-33-16-14-13-15-32(33)40)36(27)31(25)20-19-28-22-30(24-35(41)44-28)47-49(11,12)39(6,7)8/h13-18,21,25-26,28-31,34,36H,19-20,22-24H2,1-12H3/t25-,26?,28+,29+,30+,31-,34-,36-/m0/s1. The van der Waals surface area contributed by atoms with Gasteiger partial charge in [-0.3, -0.25) is 4.79 Å². The van der Waals surface area contributed by atoms with E-state index in [1.165, 1.54) is 0 Å². The molecule has 4 rings (SSSR count). The zero-order valence-electron chi connectivity index (χ0n) is 31.9. The van der Waals surface area contributed by atoms with Gasteiger partial charge in [0.1, 0.15) is 18.0 Å². The molecular formula is C39H61ClO7Si2. The molecule has 1 aliphatic heterocycles. The number of ether oxygens (including phenoxy) is 3. The van der Waals surface area contributed by atoms with Crippen LogP contribution in [0.25, 0.3) is 0 Å². The average Bonchev–Trinajstić information content (AvgIpc) is 2.96. The minimum Gasteiger partial charge on any atom is -0.477 e. The molecule has 1 fully saturated rings. The molecule has 1 aromatic carbocycles. The Balaban J connectivity index is 1.55. The zero-order valence-corrected chi connectivity index (χ0v) is 34.7. The zero-order chi connectivity index (χ0) is 36.5. The number of esters is 2. The summed E-state index contributed by atoms with van der Waals surface area (Å²) >= 11 is 6.33. The summed E-state index contributed by atoms with van der Waals surface area (Å²) < 4.78 is 31.9. The van der Waals surface area contributed by atoms with Crippen LogP contribution in [-0.4, -0.2) is 59.1 Å². The van der Waals surface area contributed by atoms with E-state index in [0.29, 0.717) is 30.0 Å². The summed E-state index contributed by atoms with van der Waals surface area (Å²) in [4.78, 5) is 26.5. The Hall–Kier alpha value is -1.92. The van der Waals surface area contributed by atoms with E-state index in [1.54, 1.807) is 19.1 Å². The van der Waals surface area contributed by atoms with Gasteiger partial charge < -0.3 is 23.1 Å². The van der Waals surface area contributed by atoms with Gasteiger partial charge in [-0.25, -0.2) is 4.79 Å². The second-order valence-corrected chi connectivity index (χ2v) is 27.4. The molecular weight excluding hydrogens is 672 g/mol. The third kappa shape index (κ3) is 9.91. The fourth-order valence-electron chi connectivity index (χ4n) is 6.71. The molecule has 2 aliphatic carbocycles. The van der Waals surface area contributed by atoms with E-state index < -0.39 is 34.8 Å². The van der Waals surface area contributed by atoms with Crippen molar-refractivity contribution in [2.24, 2.45) is 17.8 Å². The molecule has 10 heteroatoms. The lowest BCUT2D eigenvalue weighted by atomic mass is 9.66. The maximum absolute atomic E-state index is 13.7. The van der Waals surface area contributed by atoms with Crippen molar-refractivity contribution < 1.29 is 32.7 Å². The second kappa shape index (κ2) is 15.4. The lowest BCUT2D eigenvalue weighted by Crippen LogP contribution is -2.49. The van der Waals surface area contributed by atoms with Crippen LogP contribution in [0, 0.1) is 17.8 Å². The topological polar surface area (TPSA) is 80.3 Å². The van der Waals surface area contributed by atoms with Crippen LogP contribution in [-0.2, 0) is 27.9 Å². The number of para-hydroxylation sites is 1. The Morgan fingerprint density at radius 3 is 2.24 bits per heavy atom. The Kier molecular flexibility index (Phi) is 12.5. The maximum Gasteiger partial charge on any atom is 0.347 e. The molecule has 49 heavy (non-hydrogen) atoms. The molecule has 0 saturated carbocycles. The van der Waals surface area contributed by atoms with Crippen molar-refractivity contribution in [3.8, 4) is 5.75 Å². The van der Waals surface area contributed by atoms with Gasteiger partial charge in [-0.15, -0.1) is 0 Å². The second-order valence-electron chi connectivity index (χ2n) is 17.5. The average molecular weight is 734 g/mol. The van der Waals surface area contributed by atoms with Gasteiger partial charge >= 0.3 is 11.9 Å². The van der Waals surface area contributed by atoms with E-state index in [4.69, 9.17) is 34.7 Å². The van der Waals surface area contributed by atoms with Gasteiger partial charge in [0, 0.05) is 18.8 Å². The van der Waals surface area contributed by atoms with E-state index in [0.717, 1.165) is 18.4 Å². The largest absolute Gasteiger partial charge is 0.477 e. The Morgan fingerprint density at radius 1 is 0.980 bits per heavy atom. The molecule has 1 heterocycles. The smallest absolute Gasteiger partial charge is 0.347 e. The molecule has 1 aromatic rings. The fourth-order valence-corrected chi connectivity index (χ4v) is 9.54. The number of benzene rings is 1. The minimum absolute atomic E-state index is 0.0192. The number of rotatable bonds is 11. The monoisotopic (exact) mass is 732 g/mol. The van der Waals surface area contributed by atoms with Crippen LogP contribution in [0.4, 0.5) is 0 Å². The molecule has 0 amide bonds. The van der Waals surface area contributed by atoms with Gasteiger partial charge in [0.05, 0.1) is 23.7 Å². The van der Waals surface area contributed by atoms with Crippen LogP contribution in [0.2, 0.25) is 41.3 Å². The van der Waals surface area contributed by atoms with Gasteiger partial charge in [-0.05, 0) is 85.6 Å². The van der Waals surface area contributed by atoms with Crippen molar-refractivity contribution >= 4 is 40.2 Å². The SMILES string of the molecule is CC(Oc1ccccc1Cl)C(=O)O[C@H]1C[C@H](O[Si](C)(C)C(C)(C)C)C=C2C=C[C@H](C)[C@H](CC[C@@H]3C[C@@H](O[Si](C)(C)C(C)(C)C)CC(=O)O3)[C@H]21. The summed E-state index contributed by atoms with van der Waals surface area (Å²) in [7, 11) is -4.15. The molecule has 3 aliphatic rings. The van der Waals surface area contributed by atoms with Crippen molar-refractivity contribution in [3.05, 3.63) is 53.1 Å². The summed E-state index contributed by atoms with van der Waals surface area (Å²) in [5, 5.41) is 0.542. The van der Waals surface area contributed by atoms with Gasteiger partial charge in [0.2, 0.25) is 0 Å². The van der Waals surface area contributed by atoms with Crippen LogP contribution < -0.4 is 4.74 Å². The number of halogens is 1. The molecule has 0 aromatic heterocycles. The molecule has 0 spiro atoms. The first-order chi connectivity index (χ1) is 22.6. The van der Waals surface area contributed by atoms with E-state index >= 15 is 0 Å². The highest BCUT2D eigenvalue weighted by Gasteiger charge is 2.47. The van der Waals surface area contributed by atoms with Crippen molar-refractivity contribution in [2.45, 2.75) is 154 Å². The van der Waals surface area contributed by atoms with Crippen LogP contribution >= 0.6 is 11.6 Å². The first-order valence-corrected chi connectivity index (χ1v) is 24.3. The number of carbonyl (C=O) groups is 2. The van der Waals surface area contributed by atoms with Crippen LogP contribution in [0.15, 0.2) is 48.1 Å². The van der Waals surface area contributed by atoms with E-state index in [-0.39, 0.29) is 52.1 Å². The first kappa shape index (κ1) is 39.9. The molecule has 1 saturated heterocycles. The summed E-state index contributed by atoms with van der Waals surface area (Å²) in [6.07, 6.45) is 8.12. The number of carbonyl (C=O) groups excluding carboxylic acids is 2. The van der Waals surface area contributed by atoms with Gasteiger partial charge in [0.15, 0.2) is 22.7 Å². The summed E-state index contributed by atoms with van der Waals surface area (Å²) in [6.45, 7) is 26.3. The van der Waals surface area contributed by atoms with Crippen molar-refractivity contribution in [3.63, 3.8) is 0 Å². The molecule has 8 atom stereocenters. The Labute approximate surface area is 302 Å². The van der Waals surface area contributed by atoms with Gasteiger partial charge in [-0.1, -0.05) is 90.4 Å². The third-order valence-electron chi connectivity index (χ3n) is 11.7. The molecule has 1 unspecified atom stereocenters. The number of fused-ring (bicyclic) bond motifs is 1. The Bertz CT molecular complexity index is 1390. The van der Waals surface area contributed by atoms with E-state index in [9.17, 15) is 9.59 Å². The molecule has 274 valence electrons. The number of hydrogen-bond donors (Lipinski definition) is 0. The minimum atomic E-state index is -2.11. The van der Waals surface area contributed by atoms with Gasteiger partial charge in [-0.2, -0.15) is 0 Å². The molecule has 7 nitrogen and oxygen atoms in total. The lowest BCUT2D eigenvalue weighted by molar-refractivity contribution is -0.163. The van der Waals surface area contributed by atoms with Crippen LogP contribution in [0.1, 0.15) is 87.5 Å². The normalized spacial score (nSPS) is 28.6. The first-order valence-electron chi connectivity index (χ1n) is 18.1. The number of hydrogen-bond acceptors (Lipinski definition) is 7. The molecule has 0 bridgehead atoms. The maximum atomic E-state index is 13.7. The van der Waals surface area contributed by atoms with Gasteiger partial charge in [0.25, 0.3) is 0 Å². The summed E-state index contributed by atoms with van der Waals surface area (Å²) in [6, 6.07) is 7.14. The van der Waals surface area contributed by atoms with Crippen molar-refractivity contribution in [2.75, 3.05) is 0 Å². The lowest BCUT2D eigenvalue weighted by Gasteiger charge is -2.46. The molecule has 0 N–H and O–H groups in total. The van der Waals surface area contributed by atoms with Crippen molar-refractivity contribution in [1.82, 2.24) is 0 Å². The highest BCUT2D eigenvalue weighted by Crippen LogP contribution is 2.47. The summed E-state index contributed by atoms with van der Waals surface area (Å²) in [5.74, 6) is 0.251. The Morgan fingerprint density at radius 2 is 1.61 bits per heavy atom. The quantitative estimate of drug-likeness (QED) is 0.166. The fraction of sp³-hybridized carbons (Fsp3) is 0.692. The molecule has 0 radical (unpaired) electrons. The predicted molar refractivity (Wildman–Crippen MR) is 202 cm³/mol. The summed E-state index contributed by atoms with van der Waals surface area (Å²) in [5.41, 5.74) is 1.15. The van der Waals surface area contributed by atoms with E-state index in [2.05, 4.69) is 92.9 Å².